The quantitative estimate of drug-likeness (QED) is 0.0957. The number of nitrogens with one attached hydrogen (secondary N) is 3. The lowest BCUT2D eigenvalue weighted by atomic mass is 9.85. The normalized spacial score (nSPS) is 17.1. The molecule has 2 aromatic heterocycles. The van der Waals surface area contributed by atoms with E-state index in [-0.39, 0.29) is 68.7 Å². The van der Waals surface area contributed by atoms with Crippen LogP contribution in [0, 0.1) is 5.92 Å². The lowest BCUT2D eigenvalue weighted by Crippen LogP contribution is -2.55. The van der Waals surface area contributed by atoms with Gasteiger partial charge in [-0.05, 0) is 74.9 Å². The number of pyridine rings is 2. The summed E-state index contributed by atoms with van der Waals surface area (Å²) in [5.41, 5.74) is 6.71. The molecular formula is C40H45ClN6O9. The lowest BCUT2D eigenvalue weighted by molar-refractivity contribution is -0.191. The molecule has 0 bridgehead atoms. The molecule has 3 aliphatic heterocycles. The van der Waals surface area contributed by atoms with Gasteiger partial charge in [0.05, 0.1) is 29.0 Å². The number of aromatic nitrogens is 2. The van der Waals surface area contributed by atoms with Gasteiger partial charge in [0.15, 0.2) is 11.5 Å². The maximum Gasteiger partial charge on any atom is 0.355 e. The van der Waals surface area contributed by atoms with Crippen molar-refractivity contribution in [2.24, 2.45) is 11.7 Å². The number of halogens is 1. The van der Waals surface area contributed by atoms with Crippen LogP contribution >= 0.6 is 12.4 Å². The molecule has 0 saturated carbocycles. The molecule has 7 rings (SSSR count). The number of ether oxygens (including phenoxy) is 4. The lowest BCUT2D eigenvalue weighted by Gasteiger charge is -2.37. The van der Waals surface area contributed by atoms with E-state index >= 15 is 0 Å². The Balaban J connectivity index is 0.00000532. The SMILES string of the molecule is CC[C@@]1(OC(=O)C(CC(C)C)NC(=O)C(CCCCN)NC(=O)Nc2ccccc2)C(=O)OCc2c1cc1n(c2=O)Cc2cc3cc4c(cc3nc2-1)OCO4.Cl. The number of nitrogens with zero attached hydrogens (tertiary/aromatic N) is 2. The first kappa shape index (κ1) is 40.0. The van der Waals surface area contributed by atoms with E-state index in [4.69, 9.17) is 29.7 Å². The number of anilines is 1. The van der Waals surface area contributed by atoms with Crippen molar-refractivity contribution in [2.45, 2.75) is 83.7 Å². The van der Waals surface area contributed by atoms with Crippen LogP contribution in [0.15, 0.2) is 59.4 Å². The maximum atomic E-state index is 14.2. The Labute approximate surface area is 329 Å². The molecule has 3 aliphatic rings. The van der Waals surface area contributed by atoms with Gasteiger partial charge in [0.2, 0.25) is 18.3 Å². The first-order valence-corrected chi connectivity index (χ1v) is 18.5. The topological polar surface area (TPSA) is 202 Å². The van der Waals surface area contributed by atoms with Crippen molar-refractivity contribution in [1.29, 1.82) is 0 Å². The van der Waals surface area contributed by atoms with Crippen molar-refractivity contribution in [3.05, 3.63) is 81.6 Å². The van der Waals surface area contributed by atoms with E-state index in [1.807, 2.05) is 32.0 Å². The molecule has 0 spiro atoms. The fraction of sp³-hybridized carbons (Fsp3) is 0.400. The molecule has 0 aliphatic carbocycles. The summed E-state index contributed by atoms with van der Waals surface area (Å²) >= 11 is 0. The molecule has 2 aromatic carbocycles. The zero-order chi connectivity index (χ0) is 38.9. The number of cyclic esters (lactones) is 1. The van der Waals surface area contributed by atoms with Crippen molar-refractivity contribution < 1.29 is 38.1 Å². The van der Waals surface area contributed by atoms with Gasteiger partial charge in [-0.15, -0.1) is 12.4 Å². The van der Waals surface area contributed by atoms with Gasteiger partial charge in [0.25, 0.3) is 5.56 Å². The summed E-state index contributed by atoms with van der Waals surface area (Å²) in [6.07, 6.45) is 1.53. The molecular weight excluding hydrogens is 744 g/mol. The van der Waals surface area contributed by atoms with E-state index < -0.39 is 47.1 Å². The van der Waals surface area contributed by atoms with E-state index in [0.29, 0.717) is 53.5 Å². The Kier molecular flexibility index (Phi) is 11.9. The average molecular weight is 789 g/mol. The van der Waals surface area contributed by atoms with Gasteiger partial charge in [-0.25, -0.2) is 19.4 Å². The van der Waals surface area contributed by atoms with Crippen molar-refractivity contribution in [3.8, 4) is 22.9 Å². The minimum Gasteiger partial charge on any atom is -0.457 e. The Bertz CT molecular complexity index is 2230. The predicted molar refractivity (Wildman–Crippen MR) is 208 cm³/mol. The second-order valence-corrected chi connectivity index (χ2v) is 14.4. The van der Waals surface area contributed by atoms with E-state index in [1.54, 1.807) is 47.9 Å². The third kappa shape index (κ3) is 7.73. The molecule has 0 fully saturated rings. The fourth-order valence-electron chi connectivity index (χ4n) is 7.34. The van der Waals surface area contributed by atoms with E-state index in [0.717, 1.165) is 10.9 Å². The number of hydrogen-bond donors (Lipinski definition) is 4. The van der Waals surface area contributed by atoms with Gasteiger partial charge in [-0.1, -0.05) is 39.0 Å². The molecule has 3 amide bonds. The van der Waals surface area contributed by atoms with E-state index in [9.17, 15) is 24.0 Å². The van der Waals surface area contributed by atoms with Crippen LogP contribution in [0.4, 0.5) is 10.5 Å². The van der Waals surface area contributed by atoms with Crippen molar-refractivity contribution >= 4 is 52.9 Å². The Morgan fingerprint density at radius 3 is 2.45 bits per heavy atom. The first-order valence-electron chi connectivity index (χ1n) is 18.5. The Morgan fingerprint density at radius 2 is 1.73 bits per heavy atom. The number of amides is 3. The third-order valence-electron chi connectivity index (χ3n) is 10.2. The van der Waals surface area contributed by atoms with Crippen LogP contribution in [0.1, 0.15) is 69.6 Å². The van der Waals surface area contributed by atoms with Gasteiger partial charge in [-0.3, -0.25) is 9.59 Å². The summed E-state index contributed by atoms with van der Waals surface area (Å²) < 4.78 is 24.4. The van der Waals surface area contributed by atoms with Crippen LogP contribution in [0.3, 0.4) is 0 Å². The smallest absolute Gasteiger partial charge is 0.355 e. The Hall–Kier alpha value is -5.67. The highest BCUT2D eigenvalue weighted by Crippen LogP contribution is 2.42. The molecule has 16 heteroatoms. The molecule has 5 N–H and O–H groups in total. The Morgan fingerprint density at radius 1 is 0.982 bits per heavy atom. The standard InChI is InChI=1S/C40H44N6O9.ClH/c1-4-40(55-37(49)30(14-22(2)3)44-35(47)28(12-8-9-13-41)45-39(51)42-25-10-6-5-7-11-25)27-17-31-34-24(19-46(31)36(48)26(27)20-52-38(40)50)15-23-16-32-33(54-21-53-32)18-29(23)43-34;/h5-7,10-11,15-18,22,28,30H,4,8-9,12-14,19-21,41H2,1-3H3,(H,44,47)(H2,42,45,51);1H/t28?,30?,40-;/m0./s1. The number of carbonyl (C=O) groups is 4. The molecule has 0 saturated heterocycles. The zero-order valence-electron chi connectivity index (χ0n) is 31.3. The van der Waals surface area contributed by atoms with Crippen molar-refractivity contribution in [1.82, 2.24) is 20.2 Å². The summed E-state index contributed by atoms with van der Waals surface area (Å²) in [6.45, 7) is 5.88. The number of para-hydroxylation sites is 1. The molecule has 2 unspecified atom stereocenters. The second-order valence-electron chi connectivity index (χ2n) is 14.4. The second kappa shape index (κ2) is 16.6. The number of fused-ring (bicyclic) bond motifs is 6. The summed E-state index contributed by atoms with van der Waals surface area (Å²) in [4.78, 5) is 73.7. The van der Waals surface area contributed by atoms with Crippen LogP contribution in [0.25, 0.3) is 22.3 Å². The van der Waals surface area contributed by atoms with E-state index in [1.165, 1.54) is 0 Å². The summed E-state index contributed by atoms with van der Waals surface area (Å²) in [6, 6.07) is 13.2. The molecule has 4 aromatic rings. The molecule has 56 heavy (non-hydrogen) atoms. The summed E-state index contributed by atoms with van der Waals surface area (Å²) in [5, 5.41) is 9.03. The highest BCUT2D eigenvalue weighted by atomic mass is 35.5. The largest absolute Gasteiger partial charge is 0.457 e. The number of rotatable bonds is 13. The minimum atomic E-state index is -1.99. The average Bonchev–Trinajstić information content (AvgIpc) is 3.77. The number of urea groups is 1. The first-order chi connectivity index (χ1) is 26.5. The molecule has 15 nitrogen and oxygen atoms in total. The number of esters is 2. The number of hydrogen-bond acceptors (Lipinski definition) is 11. The van der Waals surface area contributed by atoms with Gasteiger partial charge >= 0.3 is 18.0 Å². The molecule has 296 valence electrons. The highest BCUT2D eigenvalue weighted by Gasteiger charge is 2.51. The molecule has 5 heterocycles. The van der Waals surface area contributed by atoms with Crippen LogP contribution in [-0.4, -0.2) is 58.8 Å². The minimum absolute atomic E-state index is 0. The number of nitrogens with two attached hydrogens (primary N) is 1. The van der Waals surface area contributed by atoms with Gasteiger partial charge in [0.1, 0.15) is 18.7 Å². The monoisotopic (exact) mass is 788 g/mol. The maximum absolute atomic E-state index is 14.2. The number of carbonyl (C=O) groups excluding carboxylic acids is 4. The van der Waals surface area contributed by atoms with Crippen LogP contribution in [-0.2, 0) is 42.6 Å². The third-order valence-corrected chi connectivity index (χ3v) is 10.2. The summed E-state index contributed by atoms with van der Waals surface area (Å²) in [5.74, 6) is -1.23. The van der Waals surface area contributed by atoms with Gasteiger partial charge in [-0.2, -0.15) is 0 Å². The van der Waals surface area contributed by atoms with Gasteiger partial charge in [0, 0.05) is 28.3 Å². The predicted octanol–water partition coefficient (Wildman–Crippen LogP) is 4.63. The van der Waals surface area contributed by atoms with Gasteiger partial charge < -0.3 is 45.2 Å². The van der Waals surface area contributed by atoms with Crippen LogP contribution in [0.2, 0.25) is 0 Å². The van der Waals surface area contributed by atoms with E-state index in [2.05, 4.69) is 16.0 Å². The zero-order valence-corrected chi connectivity index (χ0v) is 32.2. The fourth-order valence-corrected chi connectivity index (χ4v) is 7.34. The highest BCUT2D eigenvalue weighted by molar-refractivity contribution is 5.95. The van der Waals surface area contributed by atoms with Crippen molar-refractivity contribution in [2.75, 3.05) is 18.7 Å². The van der Waals surface area contributed by atoms with Crippen LogP contribution in [0.5, 0.6) is 11.5 Å². The van der Waals surface area contributed by atoms with Crippen molar-refractivity contribution in [3.63, 3.8) is 0 Å². The summed E-state index contributed by atoms with van der Waals surface area (Å²) in [7, 11) is 0. The van der Waals surface area contributed by atoms with Crippen LogP contribution < -0.4 is 36.7 Å². The molecule has 3 atom stereocenters. The number of benzene rings is 2. The molecule has 0 radical (unpaired) electrons. The number of unbranched alkanes of at least 4 members (excludes halogenated alkanes) is 1.